The molecule has 1 amide bonds. The molecule has 0 aromatic heterocycles. The number of benzene rings is 1. The smallest absolute Gasteiger partial charge is 0.237 e. The molecule has 0 spiro atoms. The van der Waals surface area contributed by atoms with Crippen molar-refractivity contribution in [1.82, 2.24) is 10.6 Å². The van der Waals surface area contributed by atoms with Gasteiger partial charge in [-0.15, -0.1) is 0 Å². The first-order valence-corrected chi connectivity index (χ1v) is 7.91. The van der Waals surface area contributed by atoms with Crippen molar-refractivity contribution in [2.75, 3.05) is 13.1 Å². The fourth-order valence-corrected chi connectivity index (χ4v) is 2.69. The van der Waals surface area contributed by atoms with Gasteiger partial charge in [-0.05, 0) is 44.2 Å². The summed E-state index contributed by atoms with van der Waals surface area (Å²) in [5.74, 6) is 0.188. The van der Waals surface area contributed by atoms with Gasteiger partial charge in [0.05, 0.1) is 6.04 Å². The molecule has 3 heteroatoms. The van der Waals surface area contributed by atoms with E-state index in [9.17, 15) is 4.79 Å². The second-order valence-electron chi connectivity index (χ2n) is 5.59. The van der Waals surface area contributed by atoms with Crippen molar-refractivity contribution in [2.45, 2.75) is 51.0 Å². The predicted molar refractivity (Wildman–Crippen MR) is 82.6 cm³/mol. The molecule has 1 atom stereocenters. The SMILES string of the molecule is O=C(NCCCCCc1ccccc1)C1CCCCN1. The van der Waals surface area contributed by atoms with Crippen molar-refractivity contribution < 1.29 is 4.79 Å². The minimum atomic E-state index is 0.0491. The lowest BCUT2D eigenvalue weighted by atomic mass is 10.0. The van der Waals surface area contributed by atoms with E-state index in [1.165, 1.54) is 31.2 Å². The monoisotopic (exact) mass is 274 g/mol. The molecule has 1 aromatic carbocycles. The Bertz CT molecular complexity index is 385. The molecule has 110 valence electrons. The first-order valence-electron chi connectivity index (χ1n) is 7.91. The Morgan fingerprint density at radius 3 is 2.75 bits per heavy atom. The zero-order valence-electron chi connectivity index (χ0n) is 12.2. The molecule has 2 N–H and O–H groups in total. The summed E-state index contributed by atoms with van der Waals surface area (Å²) in [4.78, 5) is 11.9. The van der Waals surface area contributed by atoms with Gasteiger partial charge in [0.25, 0.3) is 0 Å². The van der Waals surface area contributed by atoms with Crippen LogP contribution < -0.4 is 10.6 Å². The van der Waals surface area contributed by atoms with Crippen molar-refractivity contribution in [3.8, 4) is 0 Å². The summed E-state index contributed by atoms with van der Waals surface area (Å²) in [6.45, 7) is 1.79. The molecule has 1 aliphatic rings. The quantitative estimate of drug-likeness (QED) is 0.751. The molecule has 3 nitrogen and oxygen atoms in total. The van der Waals surface area contributed by atoms with Crippen LogP contribution in [0.25, 0.3) is 0 Å². The number of piperidine rings is 1. The largest absolute Gasteiger partial charge is 0.355 e. The third kappa shape index (κ3) is 5.33. The van der Waals surface area contributed by atoms with E-state index >= 15 is 0 Å². The van der Waals surface area contributed by atoms with Gasteiger partial charge in [-0.2, -0.15) is 0 Å². The van der Waals surface area contributed by atoms with Crippen molar-refractivity contribution in [3.05, 3.63) is 35.9 Å². The Balaban J connectivity index is 1.50. The van der Waals surface area contributed by atoms with Gasteiger partial charge in [-0.25, -0.2) is 0 Å². The summed E-state index contributed by atoms with van der Waals surface area (Å²) in [5.41, 5.74) is 1.41. The highest BCUT2D eigenvalue weighted by molar-refractivity contribution is 5.81. The molecule has 1 saturated heterocycles. The molecular formula is C17H26N2O. The highest BCUT2D eigenvalue weighted by atomic mass is 16.2. The Morgan fingerprint density at radius 1 is 1.15 bits per heavy atom. The molecule has 0 bridgehead atoms. The third-order valence-corrected chi connectivity index (χ3v) is 3.91. The Labute approximate surface area is 122 Å². The highest BCUT2D eigenvalue weighted by Crippen LogP contribution is 2.07. The van der Waals surface area contributed by atoms with E-state index in [-0.39, 0.29) is 11.9 Å². The van der Waals surface area contributed by atoms with Crippen LogP contribution in [0, 0.1) is 0 Å². The number of aryl methyl sites for hydroxylation is 1. The van der Waals surface area contributed by atoms with Crippen molar-refractivity contribution in [3.63, 3.8) is 0 Å². The van der Waals surface area contributed by atoms with Gasteiger partial charge in [-0.3, -0.25) is 4.79 Å². The van der Waals surface area contributed by atoms with E-state index in [4.69, 9.17) is 0 Å². The molecule has 0 saturated carbocycles. The van der Waals surface area contributed by atoms with Crippen LogP contribution in [0.15, 0.2) is 30.3 Å². The lowest BCUT2D eigenvalue weighted by molar-refractivity contribution is -0.123. The second-order valence-corrected chi connectivity index (χ2v) is 5.59. The van der Waals surface area contributed by atoms with E-state index in [2.05, 4.69) is 41.0 Å². The molecule has 0 aliphatic carbocycles. The van der Waals surface area contributed by atoms with E-state index < -0.39 is 0 Å². The van der Waals surface area contributed by atoms with E-state index in [1.54, 1.807) is 0 Å². The Morgan fingerprint density at radius 2 is 2.00 bits per heavy atom. The highest BCUT2D eigenvalue weighted by Gasteiger charge is 2.19. The maximum Gasteiger partial charge on any atom is 0.237 e. The summed E-state index contributed by atoms with van der Waals surface area (Å²) in [6.07, 6.45) is 7.93. The summed E-state index contributed by atoms with van der Waals surface area (Å²) in [7, 11) is 0. The first-order chi connectivity index (χ1) is 9.86. The Hall–Kier alpha value is -1.35. The number of carbonyl (C=O) groups excluding carboxylic acids is 1. The van der Waals surface area contributed by atoms with Crippen molar-refractivity contribution >= 4 is 5.91 Å². The standard InChI is InChI=1S/C17H26N2O/c20-17(16-12-6-8-13-18-16)19-14-7-2-5-11-15-9-3-1-4-10-15/h1,3-4,9-10,16,18H,2,5-8,11-14H2,(H,19,20). The van der Waals surface area contributed by atoms with E-state index in [0.717, 1.165) is 32.4 Å². The average Bonchev–Trinajstić information content (AvgIpc) is 2.52. The maximum absolute atomic E-state index is 11.9. The summed E-state index contributed by atoms with van der Waals surface area (Å²) >= 11 is 0. The van der Waals surface area contributed by atoms with Gasteiger partial charge in [0.2, 0.25) is 5.91 Å². The van der Waals surface area contributed by atoms with Gasteiger partial charge >= 0.3 is 0 Å². The van der Waals surface area contributed by atoms with Gasteiger partial charge in [-0.1, -0.05) is 43.2 Å². The first kappa shape index (κ1) is 15.0. The normalized spacial score (nSPS) is 18.7. The van der Waals surface area contributed by atoms with Crippen molar-refractivity contribution in [1.29, 1.82) is 0 Å². The third-order valence-electron chi connectivity index (χ3n) is 3.91. The summed E-state index contributed by atoms with van der Waals surface area (Å²) < 4.78 is 0. The van der Waals surface area contributed by atoms with Gasteiger partial charge in [0, 0.05) is 6.54 Å². The molecule has 1 unspecified atom stereocenters. The zero-order valence-corrected chi connectivity index (χ0v) is 12.2. The predicted octanol–water partition coefficient (Wildman–Crippen LogP) is 2.66. The van der Waals surface area contributed by atoms with Gasteiger partial charge in [0.1, 0.15) is 0 Å². The summed E-state index contributed by atoms with van der Waals surface area (Å²) in [5, 5.41) is 6.33. The number of carbonyl (C=O) groups is 1. The number of rotatable bonds is 7. The van der Waals surface area contributed by atoms with Gasteiger partial charge in [0.15, 0.2) is 0 Å². The molecule has 1 aromatic rings. The maximum atomic E-state index is 11.9. The van der Waals surface area contributed by atoms with Crippen LogP contribution in [0.4, 0.5) is 0 Å². The van der Waals surface area contributed by atoms with Crippen LogP contribution in [0.3, 0.4) is 0 Å². The summed E-state index contributed by atoms with van der Waals surface area (Å²) in [6, 6.07) is 10.6. The number of hydrogen-bond donors (Lipinski definition) is 2. The number of nitrogens with one attached hydrogen (secondary N) is 2. The topological polar surface area (TPSA) is 41.1 Å². The molecule has 20 heavy (non-hydrogen) atoms. The van der Waals surface area contributed by atoms with Crippen LogP contribution in [0.2, 0.25) is 0 Å². The molecule has 2 rings (SSSR count). The fraction of sp³-hybridized carbons (Fsp3) is 0.588. The van der Waals surface area contributed by atoms with E-state index in [1.807, 2.05) is 0 Å². The average molecular weight is 274 g/mol. The van der Waals surface area contributed by atoms with Crippen LogP contribution in [0.5, 0.6) is 0 Å². The Kier molecular flexibility index (Phi) is 6.58. The van der Waals surface area contributed by atoms with Gasteiger partial charge < -0.3 is 10.6 Å². The van der Waals surface area contributed by atoms with Crippen LogP contribution in [0.1, 0.15) is 44.1 Å². The molecule has 0 radical (unpaired) electrons. The molecule has 1 heterocycles. The number of amides is 1. The van der Waals surface area contributed by atoms with Crippen LogP contribution >= 0.6 is 0 Å². The van der Waals surface area contributed by atoms with Crippen molar-refractivity contribution in [2.24, 2.45) is 0 Å². The minimum absolute atomic E-state index is 0.0491. The number of unbranched alkanes of at least 4 members (excludes halogenated alkanes) is 2. The lowest BCUT2D eigenvalue weighted by Gasteiger charge is -2.22. The minimum Gasteiger partial charge on any atom is -0.355 e. The molecule has 1 fully saturated rings. The second kappa shape index (κ2) is 8.75. The van der Waals surface area contributed by atoms with Crippen LogP contribution in [-0.2, 0) is 11.2 Å². The molecule has 1 aliphatic heterocycles. The van der Waals surface area contributed by atoms with Crippen LogP contribution in [-0.4, -0.2) is 25.0 Å². The number of hydrogen-bond acceptors (Lipinski definition) is 2. The molecular weight excluding hydrogens is 248 g/mol. The lowest BCUT2D eigenvalue weighted by Crippen LogP contribution is -2.46. The zero-order chi connectivity index (χ0) is 14.0. The fourth-order valence-electron chi connectivity index (χ4n) is 2.69. The van der Waals surface area contributed by atoms with E-state index in [0.29, 0.717) is 0 Å².